The monoisotopic (exact) mass is 474 g/mol. The van der Waals surface area contributed by atoms with Crippen molar-refractivity contribution in [2.75, 3.05) is 0 Å². The van der Waals surface area contributed by atoms with Gasteiger partial charge in [-0.05, 0) is 35.2 Å². The van der Waals surface area contributed by atoms with Crippen LogP contribution in [0.3, 0.4) is 0 Å². The molecule has 0 unspecified atom stereocenters. The lowest BCUT2D eigenvalue weighted by molar-refractivity contribution is 0.576. The van der Waals surface area contributed by atoms with Crippen LogP contribution >= 0.6 is 0 Å². The summed E-state index contributed by atoms with van der Waals surface area (Å²) in [6, 6.07) is 12.3. The maximum atomic E-state index is 13.5. The molecule has 0 bridgehead atoms. The van der Waals surface area contributed by atoms with Gasteiger partial charge in [0.1, 0.15) is 0 Å². The second-order valence-corrected chi connectivity index (χ2v) is 9.98. The minimum Gasteiger partial charge on any atom is -0.289 e. The molecule has 5 aromatic rings. The Bertz CT molecular complexity index is 1710. The topological polar surface area (TPSA) is 112 Å². The lowest BCUT2D eigenvalue weighted by atomic mass is 10.1. The van der Waals surface area contributed by atoms with Crippen molar-refractivity contribution in [2.45, 2.75) is 12.3 Å². The highest BCUT2D eigenvalue weighted by atomic mass is 32.2. The van der Waals surface area contributed by atoms with Gasteiger partial charge in [0, 0.05) is 54.6 Å². The van der Waals surface area contributed by atoms with Crippen LogP contribution in [0.25, 0.3) is 32.8 Å². The zero-order valence-corrected chi connectivity index (χ0v) is 19.5. The van der Waals surface area contributed by atoms with E-state index in [2.05, 4.69) is 19.9 Å². The Balaban J connectivity index is 1.52. The van der Waals surface area contributed by atoms with Crippen molar-refractivity contribution in [1.82, 2.24) is 29.3 Å². The molecule has 0 spiro atoms. The molecule has 172 valence electrons. The Kier molecular flexibility index (Phi) is 5.46. The molecular weight excluding hydrogens is 452 g/mol. The number of nitrogens with zero attached hydrogens (tertiary/aromatic N) is 5. The van der Waals surface area contributed by atoms with Gasteiger partial charge < -0.3 is 0 Å². The highest BCUT2D eigenvalue weighted by Gasteiger charge is 2.14. The van der Waals surface area contributed by atoms with Crippen LogP contribution in [0.1, 0.15) is 11.3 Å². The second kappa shape index (κ2) is 8.47. The van der Waals surface area contributed by atoms with Gasteiger partial charge in [0.25, 0.3) is 0 Å². The summed E-state index contributed by atoms with van der Waals surface area (Å²) in [5.74, 6) is -0.240. The van der Waals surface area contributed by atoms with Crippen LogP contribution in [-0.4, -0.2) is 33.0 Å². The van der Waals surface area contributed by atoms with Crippen molar-refractivity contribution >= 4 is 31.7 Å². The molecule has 10 heteroatoms. The summed E-state index contributed by atoms with van der Waals surface area (Å²) in [5.41, 5.74) is 3.29. The first-order valence-electron chi connectivity index (χ1n) is 10.6. The molecule has 5 rings (SSSR count). The lowest BCUT2D eigenvalue weighted by Gasteiger charge is -2.07. The van der Waals surface area contributed by atoms with Crippen LogP contribution < -0.4 is 10.2 Å². The molecule has 3 aromatic heterocycles. The predicted molar refractivity (Wildman–Crippen MR) is 130 cm³/mol. The van der Waals surface area contributed by atoms with Crippen LogP contribution in [0.2, 0.25) is 0 Å². The molecule has 0 atom stereocenters. The standard InChI is InChI=1S/C24H22N6O3S/c1-29-14-19(12-27-29)18-10-22-23(25-11-18)6-5-17-4-3-16(9-21(17)24(22)31)15-34(32,33)28-13-20-7-8-26-30(20)2/h3-12,14,28H,13,15H2,1-2H3. The van der Waals surface area contributed by atoms with E-state index >= 15 is 0 Å². The summed E-state index contributed by atoms with van der Waals surface area (Å²) in [4.78, 5) is 18.0. The largest absolute Gasteiger partial charge is 0.289 e. The van der Waals surface area contributed by atoms with Gasteiger partial charge in [-0.25, -0.2) is 13.1 Å². The average Bonchev–Trinajstić information content (AvgIpc) is 3.40. The summed E-state index contributed by atoms with van der Waals surface area (Å²) >= 11 is 0. The Hall–Kier alpha value is -3.89. The molecule has 0 saturated heterocycles. The van der Waals surface area contributed by atoms with Crippen molar-refractivity contribution in [3.05, 3.63) is 88.7 Å². The van der Waals surface area contributed by atoms with E-state index in [9.17, 15) is 13.2 Å². The predicted octanol–water partition coefficient (Wildman–Crippen LogP) is 2.50. The molecule has 0 saturated carbocycles. The fourth-order valence-corrected chi connectivity index (χ4v) is 4.98. The smallest absolute Gasteiger partial charge is 0.216 e. The normalized spacial score (nSPS) is 11.9. The van der Waals surface area contributed by atoms with Gasteiger partial charge in [0.2, 0.25) is 10.0 Å². The lowest BCUT2D eigenvalue weighted by Crippen LogP contribution is -2.25. The van der Waals surface area contributed by atoms with Crippen molar-refractivity contribution in [2.24, 2.45) is 14.1 Å². The maximum absolute atomic E-state index is 13.5. The van der Waals surface area contributed by atoms with Gasteiger partial charge in [-0.3, -0.25) is 19.1 Å². The van der Waals surface area contributed by atoms with Crippen molar-refractivity contribution in [3.8, 4) is 11.1 Å². The number of nitrogens with one attached hydrogen (secondary N) is 1. The summed E-state index contributed by atoms with van der Waals surface area (Å²) in [6.45, 7) is 0.140. The number of hydrogen-bond acceptors (Lipinski definition) is 6. The first-order valence-corrected chi connectivity index (χ1v) is 12.2. The maximum Gasteiger partial charge on any atom is 0.216 e. The zero-order chi connectivity index (χ0) is 23.9. The Morgan fingerprint density at radius 3 is 2.50 bits per heavy atom. The molecule has 3 heterocycles. The van der Waals surface area contributed by atoms with Crippen molar-refractivity contribution in [1.29, 1.82) is 0 Å². The van der Waals surface area contributed by atoms with Crippen LogP contribution in [0.5, 0.6) is 0 Å². The second-order valence-electron chi connectivity index (χ2n) is 8.17. The number of pyridine rings is 1. The van der Waals surface area contributed by atoms with Gasteiger partial charge in [-0.2, -0.15) is 10.2 Å². The molecular formula is C24H22N6O3S. The van der Waals surface area contributed by atoms with Crippen molar-refractivity contribution in [3.63, 3.8) is 0 Å². The molecule has 2 aromatic carbocycles. The first-order chi connectivity index (χ1) is 16.3. The van der Waals surface area contributed by atoms with Crippen LogP contribution in [0.15, 0.2) is 72.0 Å². The third-order valence-electron chi connectivity index (χ3n) is 5.74. The third-order valence-corrected chi connectivity index (χ3v) is 7.03. The summed E-state index contributed by atoms with van der Waals surface area (Å²) < 4.78 is 31.2. The van der Waals surface area contributed by atoms with Crippen molar-refractivity contribution < 1.29 is 8.42 Å². The number of fused-ring (bicyclic) bond motifs is 2. The van der Waals surface area contributed by atoms with Gasteiger partial charge in [-0.15, -0.1) is 0 Å². The number of rotatable bonds is 6. The average molecular weight is 475 g/mol. The van der Waals surface area contributed by atoms with E-state index in [0.717, 1.165) is 22.2 Å². The molecule has 0 aliphatic carbocycles. The van der Waals surface area contributed by atoms with E-state index in [0.29, 0.717) is 21.9 Å². The Morgan fingerprint density at radius 1 is 0.941 bits per heavy atom. The first kappa shape index (κ1) is 21.9. The number of aromatic nitrogens is 5. The van der Waals surface area contributed by atoms with Crippen LogP contribution in [0.4, 0.5) is 0 Å². The molecule has 0 fully saturated rings. The Morgan fingerprint density at radius 2 is 1.76 bits per heavy atom. The highest BCUT2D eigenvalue weighted by Crippen LogP contribution is 2.22. The van der Waals surface area contributed by atoms with Crippen LogP contribution in [-0.2, 0) is 36.4 Å². The van der Waals surface area contributed by atoms with E-state index in [1.807, 2.05) is 19.3 Å². The minimum atomic E-state index is -3.62. The van der Waals surface area contributed by atoms with Gasteiger partial charge in [-0.1, -0.05) is 18.2 Å². The SMILES string of the molecule is Cn1cc(-c2cnc3ccc4ccc(CS(=O)(=O)NCc5ccnn5C)cc4c(=O)c3c2)cn1. The summed E-state index contributed by atoms with van der Waals surface area (Å²) in [7, 11) is -0.0469. The fourth-order valence-electron chi connectivity index (χ4n) is 3.90. The number of hydrogen-bond donors (Lipinski definition) is 1. The quantitative estimate of drug-likeness (QED) is 0.405. The third kappa shape index (κ3) is 4.33. The zero-order valence-electron chi connectivity index (χ0n) is 18.6. The summed E-state index contributed by atoms with van der Waals surface area (Å²) in [6.07, 6.45) is 6.91. The fraction of sp³-hybridized carbons (Fsp3) is 0.167. The molecule has 0 aliphatic heterocycles. The molecule has 0 amide bonds. The molecule has 9 nitrogen and oxygen atoms in total. The molecule has 34 heavy (non-hydrogen) atoms. The van der Waals surface area contributed by atoms with E-state index in [1.54, 1.807) is 71.4 Å². The van der Waals surface area contributed by atoms with Gasteiger partial charge in [0.05, 0.1) is 29.7 Å². The number of benzene rings is 1. The number of sulfonamides is 1. The van der Waals surface area contributed by atoms with Gasteiger partial charge >= 0.3 is 0 Å². The van der Waals surface area contributed by atoms with E-state index in [4.69, 9.17) is 0 Å². The van der Waals surface area contributed by atoms with Gasteiger partial charge in [0.15, 0.2) is 5.43 Å². The Labute approximate surface area is 195 Å². The number of aryl methyl sites for hydroxylation is 2. The molecule has 0 radical (unpaired) electrons. The minimum absolute atomic E-state index is 0.140. The molecule has 1 N–H and O–H groups in total. The summed E-state index contributed by atoms with van der Waals surface area (Å²) in [5, 5.41) is 9.85. The van der Waals surface area contributed by atoms with Crippen LogP contribution in [0, 0.1) is 0 Å². The van der Waals surface area contributed by atoms with E-state index < -0.39 is 10.0 Å². The molecule has 0 aliphatic rings. The van der Waals surface area contributed by atoms with E-state index in [-0.39, 0.29) is 17.7 Å². The highest BCUT2D eigenvalue weighted by molar-refractivity contribution is 7.88. The van der Waals surface area contributed by atoms with E-state index in [1.165, 1.54) is 0 Å².